The van der Waals surface area contributed by atoms with E-state index in [1.165, 1.54) is 12.0 Å². The lowest BCUT2D eigenvalue weighted by Gasteiger charge is -2.20. The first-order valence-corrected chi connectivity index (χ1v) is 6.73. The lowest BCUT2D eigenvalue weighted by atomic mass is 10.0. The van der Waals surface area contributed by atoms with Gasteiger partial charge in [0.1, 0.15) is 0 Å². The molecule has 102 valence electrons. The van der Waals surface area contributed by atoms with Gasteiger partial charge >= 0.3 is 0 Å². The standard InChI is InChI=1S/C15H27N3/c1-17(2)11-7-12-18(3)13-10-15(16)14-8-5-4-6-9-14/h4-6,8-9,15H,7,10-13,16H2,1-3H3. The molecule has 3 nitrogen and oxygen atoms in total. The first-order valence-electron chi connectivity index (χ1n) is 6.73. The highest BCUT2D eigenvalue weighted by Gasteiger charge is 2.06. The van der Waals surface area contributed by atoms with E-state index in [9.17, 15) is 0 Å². The van der Waals surface area contributed by atoms with Crippen LogP contribution >= 0.6 is 0 Å². The Bertz CT molecular complexity index is 311. The van der Waals surface area contributed by atoms with Crippen LogP contribution in [0.1, 0.15) is 24.4 Å². The van der Waals surface area contributed by atoms with Gasteiger partial charge in [-0.3, -0.25) is 0 Å². The van der Waals surface area contributed by atoms with Crippen molar-refractivity contribution in [3.05, 3.63) is 35.9 Å². The minimum Gasteiger partial charge on any atom is -0.324 e. The number of hydrogen-bond acceptors (Lipinski definition) is 3. The van der Waals surface area contributed by atoms with E-state index in [0.717, 1.165) is 26.1 Å². The third kappa shape index (κ3) is 6.15. The first kappa shape index (κ1) is 15.2. The molecule has 1 atom stereocenters. The maximum Gasteiger partial charge on any atom is 0.0307 e. The predicted molar refractivity (Wildman–Crippen MR) is 78.7 cm³/mol. The summed E-state index contributed by atoms with van der Waals surface area (Å²) in [7, 11) is 6.41. The van der Waals surface area contributed by atoms with Gasteiger partial charge in [0.05, 0.1) is 0 Å². The molecule has 18 heavy (non-hydrogen) atoms. The highest BCUT2D eigenvalue weighted by molar-refractivity contribution is 5.18. The van der Waals surface area contributed by atoms with Gasteiger partial charge in [0.2, 0.25) is 0 Å². The Hall–Kier alpha value is -0.900. The molecule has 0 saturated carbocycles. The van der Waals surface area contributed by atoms with E-state index in [-0.39, 0.29) is 6.04 Å². The van der Waals surface area contributed by atoms with Crippen molar-refractivity contribution >= 4 is 0 Å². The van der Waals surface area contributed by atoms with E-state index in [4.69, 9.17) is 5.73 Å². The van der Waals surface area contributed by atoms with Crippen LogP contribution in [0.3, 0.4) is 0 Å². The molecule has 0 amide bonds. The Balaban J connectivity index is 2.20. The summed E-state index contributed by atoms with van der Waals surface area (Å²) in [5.41, 5.74) is 7.42. The molecule has 1 aromatic carbocycles. The molecular weight excluding hydrogens is 222 g/mol. The number of nitrogens with two attached hydrogens (primary N) is 1. The molecule has 0 radical (unpaired) electrons. The van der Waals surface area contributed by atoms with Crippen LogP contribution in [-0.2, 0) is 0 Å². The van der Waals surface area contributed by atoms with Gasteiger partial charge in [0, 0.05) is 6.04 Å². The lowest BCUT2D eigenvalue weighted by molar-refractivity contribution is 0.291. The minimum atomic E-state index is 0.155. The molecule has 1 unspecified atom stereocenters. The maximum atomic E-state index is 6.19. The third-order valence-corrected chi connectivity index (χ3v) is 3.19. The predicted octanol–water partition coefficient (Wildman–Crippen LogP) is 1.96. The summed E-state index contributed by atoms with van der Waals surface area (Å²) in [5.74, 6) is 0. The molecule has 0 bridgehead atoms. The second kappa shape index (κ2) is 8.25. The zero-order valence-corrected chi connectivity index (χ0v) is 12.0. The minimum absolute atomic E-state index is 0.155. The van der Waals surface area contributed by atoms with E-state index >= 15 is 0 Å². The van der Waals surface area contributed by atoms with E-state index in [1.54, 1.807) is 0 Å². The van der Waals surface area contributed by atoms with E-state index < -0.39 is 0 Å². The summed E-state index contributed by atoms with van der Waals surface area (Å²) >= 11 is 0. The number of nitrogens with zero attached hydrogens (tertiary/aromatic N) is 2. The topological polar surface area (TPSA) is 32.5 Å². The Morgan fingerprint density at radius 1 is 1.00 bits per heavy atom. The average molecular weight is 249 g/mol. The van der Waals surface area contributed by atoms with Gasteiger partial charge in [-0.05, 0) is 59.2 Å². The van der Waals surface area contributed by atoms with Crippen molar-refractivity contribution in [3.63, 3.8) is 0 Å². The van der Waals surface area contributed by atoms with Crippen LogP contribution in [0.5, 0.6) is 0 Å². The fraction of sp³-hybridized carbons (Fsp3) is 0.600. The van der Waals surface area contributed by atoms with Gasteiger partial charge in [-0.1, -0.05) is 30.3 Å². The molecule has 0 fully saturated rings. The van der Waals surface area contributed by atoms with Crippen molar-refractivity contribution in [3.8, 4) is 0 Å². The van der Waals surface area contributed by atoms with Gasteiger partial charge in [-0.15, -0.1) is 0 Å². The molecule has 0 aliphatic heterocycles. The van der Waals surface area contributed by atoms with Gasteiger partial charge < -0.3 is 15.5 Å². The van der Waals surface area contributed by atoms with E-state index in [0.29, 0.717) is 0 Å². The fourth-order valence-corrected chi connectivity index (χ4v) is 2.00. The maximum absolute atomic E-state index is 6.19. The van der Waals surface area contributed by atoms with Crippen LogP contribution in [-0.4, -0.2) is 50.6 Å². The molecule has 1 rings (SSSR count). The van der Waals surface area contributed by atoms with E-state index in [1.807, 2.05) is 6.07 Å². The zero-order chi connectivity index (χ0) is 13.4. The summed E-state index contributed by atoms with van der Waals surface area (Å²) in [5, 5.41) is 0. The molecule has 0 saturated heterocycles. The number of benzene rings is 1. The molecule has 3 heteroatoms. The molecule has 0 aromatic heterocycles. The fourth-order valence-electron chi connectivity index (χ4n) is 2.00. The second-order valence-electron chi connectivity index (χ2n) is 5.27. The molecule has 2 N–H and O–H groups in total. The van der Waals surface area contributed by atoms with Crippen LogP contribution in [0.2, 0.25) is 0 Å². The third-order valence-electron chi connectivity index (χ3n) is 3.19. The summed E-state index contributed by atoms with van der Waals surface area (Å²) < 4.78 is 0. The molecule has 0 heterocycles. The molecule has 0 aliphatic carbocycles. The van der Waals surface area contributed by atoms with Crippen LogP contribution in [0.25, 0.3) is 0 Å². The normalized spacial score (nSPS) is 13.2. The Labute approximate surface area is 112 Å². The summed E-state index contributed by atoms with van der Waals surface area (Å²) in [6.45, 7) is 3.35. The molecule has 1 aromatic rings. The number of rotatable bonds is 8. The monoisotopic (exact) mass is 249 g/mol. The highest BCUT2D eigenvalue weighted by Crippen LogP contribution is 2.13. The Morgan fingerprint density at radius 2 is 1.67 bits per heavy atom. The van der Waals surface area contributed by atoms with Crippen molar-refractivity contribution in [1.29, 1.82) is 0 Å². The van der Waals surface area contributed by atoms with E-state index in [2.05, 4.69) is 55.2 Å². The molecule has 0 aliphatic rings. The van der Waals surface area contributed by atoms with Crippen LogP contribution in [0, 0.1) is 0 Å². The quantitative estimate of drug-likeness (QED) is 0.764. The SMILES string of the molecule is CN(C)CCCN(C)CCC(N)c1ccccc1. The summed E-state index contributed by atoms with van der Waals surface area (Å²) in [6, 6.07) is 10.5. The summed E-state index contributed by atoms with van der Waals surface area (Å²) in [6.07, 6.45) is 2.23. The van der Waals surface area contributed by atoms with Crippen LogP contribution in [0.15, 0.2) is 30.3 Å². The lowest BCUT2D eigenvalue weighted by Crippen LogP contribution is -2.27. The first-order chi connectivity index (χ1) is 8.59. The van der Waals surface area contributed by atoms with Crippen LogP contribution < -0.4 is 5.73 Å². The highest BCUT2D eigenvalue weighted by atomic mass is 15.1. The second-order valence-corrected chi connectivity index (χ2v) is 5.27. The van der Waals surface area contributed by atoms with Crippen molar-refractivity contribution in [1.82, 2.24) is 9.80 Å². The van der Waals surface area contributed by atoms with Gasteiger partial charge in [0.25, 0.3) is 0 Å². The smallest absolute Gasteiger partial charge is 0.0307 e. The van der Waals surface area contributed by atoms with Crippen molar-refractivity contribution in [2.24, 2.45) is 5.73 Å². The van der Waals surface area contributed by atoms with Gasteiger partial charge in [0.15, 0.2) is 0 Å². The van der Waals surface area contributed by atoms with Crippen molar-refractivity contribution in [2.45, 2.75) is 18.9 Å². The average Bonchev–Trinajstić information content (AvgIpc) is 2.36. The zero-order valence-electron chi connectivity index (χ0n) is 12.0. The van der Waals surface area contributed by atoms with Gasteiger partial charge in [-0.25, -0.2) is 0 Å². The van der Waals surface area contributed by atoms with Crippen molar-refractivity contribution < 1.29 is 0 Å². The molecule has 0 spiro atoms. The Kier molecular flexibility index (Phi) is 6.94. The van der Waals surface area contributed by atoms with Crippen LogP contribution in [0.4, 0.5) is 0 Å². The Morgan fingerprint density at radius 3 is 2.28 bits per heavy atom. The summed E-state index contributed by atoms with van der Waals surface area (Å²) in [4.78, 5) is 4.59. The van der Waals surface area contributed by atoms with Crippen molar-refractivity contribution in [2.75, 3.05) is 40.8 Å². The molecular formula is C15H27N3. The number of hydrogen-bond donors (Lipinski definition) is 1. The van der Waals surface area contributed by atoms with Gasteiger partial charge in [-0.2, -0.15) is 0 Å². The largest absolute Gasteiger partial charge is 0.324 e.